The van der Waals surface area contributed by atoms with Crippen molar-refractivity contribution in [1.29, 1.82) is 0 Å². The summed E-state index contributed by atoms with van der Waals surface area (Å²) in [6, 6.07) is 1.83. The van der Waals surface area contributed by atoms with Crippen LogP contribution in [0.5, 0.6) is 0 Å². The number of hydrogen-bond acceptors (Lipinski definition) is 3. The summed E-state index contributed by atoms with van der Waals surface area (Å²) in [5.41, 5.74) is 1.54. The molecule has 0 aromatic carbocycles. The van der Waals surface area contributed by atoms with Crippen molar-refractivity contribution >= 4 is 18.1 Å². The van der Waals surface area contributed by atoms with E-state index in [9.17, 15) is 4.79 Å². The maximum atomic E-state index is 12.3. The molecule has 0 aliphatic carbocycles. The van der Waals surface area contributed by atoms with Gasteiger partial charge in [0.05, 0.1) is 5.69 Å². The Morgan fingerprint density at radius 3 is 2.89 bits per heavy atom. The first-order chi connectivity index (χ1) is 8.65. The van der Waals surface area contributed by atoms with Crippen molar-refractivity contribution in [2.24, 2.45) is 5.92 Å². The summed E-state index contributed by atoms with van der Waals surface area (Å²) >= 11 is 4.36. The molecule has 0 aliphatic rings. The van der Waals surface area contributed by atoms with E-state index >= 15 is 0 Å². The molecule has 0 saturated heterocycles. The first-order valence-electron chi connectivity index (χ1n) is 6.32. The standard InChI is InChI=1S/C13H19N3OS/c1-3-4-11(9-18)8-15-5-6-16-12(13(15)17)7-10(2)14-16/h5-7,11,18H,3-4,8-9H2,1-2H3. The van der Waals surface area contributed by atoms with Gasteiger partial charge in [-0.2, -0.15) is 17.7 Å². The number of aromatic nitrogens is 3. The Hall–Kier alpha value is -1.23. The van der Waals surface area contributed by atoms with Crippen LogP contribution in [0.15, 0.2) is 23.3 Å². The predicted molar refractivity (Wildman–Crippen MR) is 76.4 cm³/mol. The van der Waals surface area contributed by atoms with E-state index in [1.165, 1.54) is 0 Å². The molecule has 2 heterocycles. The Bertz CT molecular complexity index is 587. The second-order valence-electron chi connectivity index (χ2n) is 4.71. The van der Waals surface area contributed by atoms with Crippen LogP contribution in [0.2, 0.25) is 0 Å². The van der Waals surface area contributed by atoms with E-state index in [0.717, 1.165) is 30.8 Å². The lowest BCUT2D eigenvalue weighted by molar-refractivity contribution is 0.445. The molecule has 0 radical (unpaired) electrons. The van der Waals surface area contributed by atoms with Gasteiger partial charge in [0.25, 0.3) is 5.56 Å². The third kappa shape index (κ3) is 2.61. The topological polar surface area (TPSA) is 39.3 Å². The number of fused-ring (bicyclic) bond motifs is 1. The second-order valence-corrected chi connectivity index (χ2v) is 5.07. The van der Waals surface area contributed by atoms with Gasteiger partial charge in [0, 0.05) is 18.9 Å². The molecule has 18 heavy (non-hydrogen) atoms. The van der Waals surface area contributed by atoms with E-state index < -0.39 is 0 Å². The van der Waals surface area contributed by atoms with E-state index in [4.69, 9.17) is 0 Å². The van der Waals surface area contributed by atoms with Crippen molar-refractivity contribution in [2.45, 2.75) is 33.2 Å². The smallest absolute Gasteiger partial charge is 0.276 e. The fourth-order valence-electron chi connectivity index (χ4n) is 2.22. The molecule has 5 heteroatoms. The molecule has 0 spiro atoms. The molecular formula is C13H19N3OS. The number of hydrogen-bond donors (Lipinski definition) is 1. The minimum Gasteiger partial charge on any atom is -0.312 e. The van der Waals surface area contributed by atoms with Crippen LogP contribution in [-0.2, 0) is 6.54 Å². The number of nitrogens with zero attached hydrogens (tertiary/aromatic N) is 3. The van der Waals surface area contributed by atoms with Crippen molar-refractivity contribution in [3.05, 3.63) is 34.5 Å². The van der Waals surface area contributed by atoms with E-state index in [0.29, 0.717) is 11.4 Å². The third-order valence-electron chi connectivity index (χ3n) is 3.14. The molecular weight excluding hydrogens is 246 g/mol. The van der Waals surface area contributed by atoms with Gasteiger partial charge >= 0.3 is 0 Å². The zero-order valence-corrected chi connectivity index (χ0v) is 11.7. The van der Waals surface area contributed by atoms with E-state index in [1.807, 2.05) is 25.4 Å². The highest BCUT2D eigenvalue weighted by atomic mass is 32.1. The van der Waals surface area contributed by atoms with Gasteiger partial charge in [-0.1, -0.05) is 13.3 Å². The first-order valence-corrected chi connectivity index (χ1v) is 6.95. The quantitative estimate of drug-likeness (QED) is 0.841. The van der Waals surface area contributed by atoms with Gasteiger partial charge in [0.1, 0.15) is 5.52 Å². The van der Waals surface area contributed by atoms with E-state index in [1.54, 1.807) is 9.08 Å². The van der Waals surface area contributed by atoms with Crippen LogP contribution in [0.25, 0.3) is 5.52 Å². The van der Waals surface area contributed by atoms with Crippen molar-refractivity contribution in [1.82, 2.24) is 14.2 Å². The van der Waals surface area contributed by atoms with Crippen LogP contribution in [-0.4, -0.2) is 19.9 Å². The molecule has 0 amide bonds. The van der Waals surface area contributed by atoms with Crippen LogP contribution >= 0.6 is 12.6 Å². The highest BCUT2D eigenvalue weighted by Crippen LogP contribution is 2.10. The van der Waals surface area contributed by atoms with Gasteiger partial charge in [0.15, 0.2) is 0 Å². The van der Waals surface area contributed by atoms with Crippen molar-refractivity contribution in [3.63, 3.8) is 0 Å². The molecule has 1 atom stereocenters. The minimum absolute atomic E-state index is 0.0287. The highest BCUT2D eigenvalue weighted by molar-refractivity contribution is 7.80. The fourth-order valence-corrected chi connectivity index (χ4v) is 2.52. The van der Waals surface area contributed by atoms with Gasteiger partial charge in [-0.3, -0.25) is 4.79 Å². The van der Waals surface area contributed by atoms with Crippen LogP contribution < -0.4 is 5.56 Å². The Morgan fingerprint density at radius 1 is 1.44 bits per heavy atom. The molecule has 0 N–H and O–H groups in total. The molecule has 0 saturated carbocycles. The monoisotopic (exact) mass is 265 g/mol. The zero-order chi connectivity index (χ0) is 13.1. The number of thiol groups is 1. The third-order valence-corrected chi connectivity index (χ3v) is 3.65. The molecule has 0 aliphatic heterocycles. The zero-order valence-electron chi connectivity index (χ0n) is 10.8. The maximum absolute atomic E-state index is 12.3. The predicted octanol–water partition coefficient (Wildman–Crippen LogP) is 2.15. The Morgan fingerprint density at radius 2 is 2.22 bits per heavy atom. The summed E-state index contributed by atoms with van der Waals surface area (Å²) in [6.45, 7) is 4.78. The van der Waals surface area contributed by atoms with Crippen LogP contribution in [0.4, 0.5) is 0 Å². The summed E-state index contributed by atoms with van der Waals surface area (Å²) in [7, 11) is 0. The van der Waals surface area contributed by atoms with Gasteiger partial charge in [-0.15, -0.1) is 0 Å². The number of aryl methyl sites for hydroxylation is 1. The number of rotatable bonds is 5. The molecule has 1 unspecified atom stereocenters. The largest absolute Gasteiger partial charge is 0.312 e. The minimum atomic E-state index is 0.0287. The van der Waals surface area contributed by atoms with E-state index in [2.05, 4.69) is 24.7 Å². The Labute approximate surface area is 112 Å². The summed E-state index contributed by atoms with van der Waals surface area (Å²) in [6.07, 6.45) is 5.87. The molecule has 2 rings (SSSR count). The van der Waals surface area contributed by atoms with Crippen molar-refractivity contribution < 1.29 is 0 Å². The SMILES string of the molecule is CCCC(CS)Cn1ccn2nc(C)cc2c1=O. The lowest BCUT2D eigenvalue weighted by atomic mass is 10.1. The molecule has 2 aromatic rings. The average Bonchev–Trinajstić information content (AvgIpc) is 2.73. The van der Waals surface area contributed by atoms with Gasteiger partial charge in [-0.05, 0) is 31.1 Å². The summed E-state index contributed by atoms with van der Waals surface area (Å²) < 4.78 is 3.41. The molecule has 4 nitrogen and oxygen atoms in total. The molecule has 2 aromatic heterocycles. The first kappa shape index (κ1) is 13.2. The summed E-state index contributed by atoms with van der Waals surface area (Å²) in [4.78, 5) is 12.3. The Kier molecular flexibility index (Phi) is 4.11. The molecule has 0 bridgehead atoms. The molecule has 0 fully saturated rings. The van der Waals surface area contributed by atoms with Gasteiger partial charge in [0.2, 0.25) is 0 Å². The fraction of sp³-hybridized carbons (Fsp3) is 0.538. The highest BCUT2D eigenvalue weighted by Gasteiger charge is 2.10. The van der Waals surface area contributed by atoms with Gasteiger partial charge < -0.3 is 4.57 Å². The summed E-state index contributed by atoms with van der Waals surface area (Å²) in [5, 5.41) is 4.24. The summed E-state index contributed by atoms with van der Waals surface area (Å²) in [5.74, 6) is 1.26. The maximum Gasteiger partial charge on any atom is 0.276 e. The second kappa shape index (κ2) is 5.61. The van der Waals surface area contributed by atoms with E-state index in [-0.39, 0.29) is 5.56 Å². The lowest BCUT2D eigenvalue weighted by Crippen LogP contribution is -2.25. The van der Waals surface area contributed by atoms with Crippen molar-refractivity contribution in [2.75, 3.05) is 5.75 Å². The molecule has 98 valence electrons. The average molecular weight is 265 g/mol. The normalized spacial score (nSPS) is 13.1. The lowest BCUT2D eigenvalue weighted by Gasteiger charge is -2.15. The van der Waals surface area contributed by atoms with Crippen LogP contribution in [0, 0.1) is 12.8 Å². The Balaban J connectivity index is 2.33. The van der Waals surface area contributed by atoms with Crippen LogP contribution in [0.3, 0.4) is 0 Å². The van der Waals surface area contributed by atoms with Crippen LogP contribution in [0.1, 0.15) is 25.5 Å². The van der Waals surface area contributed by atoms with Gasteiger partial charge in [-0.25, -0.2) is 4.52 Å². The van der Waals surface area contributed by atoms with Crippen molar-refractivity contribution in [3.8, 4) is 0 Å².